The predicted octanol–water partition coefficient (Wildman–Crippen LogP) is 5.13. The molecule has 5 rings (SSSR count). The SMILES string of the molecule is COc1ccc(Cn2cnc(=N)c3[nH]c(C(C)(C)OCc4cccs4)nc32)cc1OC1CCCC1. The number of fused-ring (bicyclic) bond motifs is 1. The van der Waals surface area contributed by atoms with Crippen molar-refractivity contribution < 1.29 is 14.2 Å². The summed E-state index contributed by atoms with van der Waals surface area (Å²) in [6, 6.07) is 10.1. The molecule has 0 bridgehead atoms. The van der Waals surface area contributed by atoms with Gasteiger partial charge in [0.05, 0.1) is 32.7 Å². The lowest BCUT2D eigenvalue weighted by molar-refractivity contribution is -0.0381. The number of H-pyrrole nitrogens is 1. The van der Waals surface area contributed by atoms with Gasteiger partial charge in [0.15, 0.2) is 22.6 Å². The van der Waals surface area contributed by atoms with Gasteiger partial charge in [0, 0.05) is 4.88 Å². The lowest BCUT2D eigenvalue weighted by Gasteiger charge is -2.22. The second-order valence-corrected chi connectivity index (χ2v) is 10.4. The Kier molecular flexibility index (Phi) is 6.62. The number of hydrogen-bond donors (Lipinski definition) is 2. The van der Waals surface area contributed by atoms with Gasteiger partial charge in [0.1, 0.15) is 16.9 Å². The second kappa shape index (κ2) is 9.83. The maximum absolute atomic E-state index is 8.31. The van der Waals surface area contributed by atoms with Gasteiger partial charge >= 0.3 is 0 Å². The number of aromatic nitrogens is 4. The summed E-state index contributed by atoms with van der Waals surface area (Å²) in [5, 5.41) is 10.4. The fraction of sp³-hybridized carbons (Fsp3) is 0.423. The highest BCUT2D eigenvalue weighted by Crippen LogP contribution is 2.33. The van der Waals surface area contributed by atoms with Crippen molar-refractivity contribution in [1.82, 2.24) is 19.5 Å². The molecule has 0 aliphatic heterocycles. The summed E-state index contributed by atoms with van der Waals surface area (Å²) in [6.07, 6.45) is 6.49. The average Bonchev–Trinajstić information content (AvgIpc) is 3.62. The van der Waals surface area contributed by atoms with Crippen LogP contribution in [0, 0.1) is 5.41 Å². The maximum atomic E-state index is 8.31. The van der Waals surface area contributed by atoms with Crippen molar-refractivity contribution in [2.24, 2.45) is 0 Å². The van der Waals surface area contributed by atoms with Crippen LogP contribution in [0.1, 0.15) is 55.8 Å². The maximum Gasteiger partial charge on any atom is 0.173 e. The summed E-state index contributed by atoms with van der Waals surface area (Å²) in [5.74, 6) is 2.17. The minimum Gasteiger partial charge on any atom is -0.493 e. The van der Waals surface area contributed by atoms with Crippen LogP contribution in [-0.2, 0) is 23.5 Å². The first-order chi connectivity index (χ1) is 16.9. The predicted molar refractivity (Wildman–Crippen MR) is 135 cm³/mol. The molecular formula is C26H31N5O3S. The van der Waals surface area contributed by atoms with E-state index in [2.05, 4.69) is 16.0 Å². The minimum atomic E-state index is -0.657. The van der Waals surface area contributed by atoms with E-state index in [9.17, 15) is 0 Å². The first-order valence-corrected chi connectivity index (χ1v) is 12.8. The molecule has 3 aromatic heterocycles. The fourth-order valence-electron chi connectivity index (χ4n) is 4.39. The second-order valence-electron chi connectivity index (χ2n) is 9.39. The average molecular weight is 494 g/mol. The number of benzene rings is 1. The molecule has 1 aromatic carbocycles. The number of hydrogen-bond acceptors (Lipinski definition) is 7. The van der Waals surface area contributed by atoms with E-state index in [1.807, 2.05) is 48.1 Å². The molecule has 8 nitrogen and oxygen atoms in total. The highest BCUT2D eigenvalue weighted by Gasteiger charge is 2.27. The van der Waals surface area contributed by atoms with Crippen LogP contribution in [0.4, 0.5) is 0 Å². The van der Waals surface area contributed by atoms with Crippen LogP contribution >= 0.6 is 11.3 Å². The first-order valence-electron chi connectivity index (χ1n) is 11.9. The van der Waals surface area contributed by atoms with Crippen LogP contribution in [0.5, 0.6) is 11.5 Å². The molecule has 0 amide bonds. The molecule has 3 heterocycles. The number of nitrogens with zero attached hydrogens (tertiary/aromatic N) is 3. The zero-order valence-electron chi connectivity index (χ0n) is 20.3. The summed E-state index contributed by atoms with van der Waals surface area (Å²) in [4.78, 5) is 13.6. The molecule has 9 heteroatoms. The quantitative estimate of drug-likeness (QED) is 0.337. The van der Waals surface area contributed by atoms with Crippen LogP contribution in [0.3, 0.4) is 0 Å². The number of aromatic amines is 1. The third-order valence-electron chi connectivity index (χ3n) is 6.42. The minimum absolute atomic E-state index is 0.157. The normalized spacial score (nSPS) is 14.6. The Morgan fingerprint density at radius 2 is 2.03 bits per heavy atom. The first kappa shape index (κ1) is 23.6. The van der Waals surface area contributed by atoms with E-state index in [1.54, 1.807) is 24.8 Å². The molecule has 1 aliphatic carbocycles. The van der Waals surface area contributed by atoms with Crippen molar-refractivity contribution in [3.8, 4) is 11.5 Å². The molecule has 0 atom stereocenters. The Balaban J connectivity index is 1.42. The molecule has 184 valence electrons. The van der Waals surface area contributed by atoms with Crippen LogP contribution < -0.4 is 15.0 Å². The number of thiophene rings is 1. The lowest BCUT2D eigenvalue weighted by atomic mass is 10.1. The Morgan fingerprint density at radius 1 is 1.20 bits per heavy atom. The van der Waals surface area contributed by atoms with E-state index in [0.29, 0.717) is 30.1 Å². The van der Waals surface area contributed by atoms with Gasteiger partial charge in [0.25, 0.3) is 0 Å². The van der Waals surface area contributed by atoms with Crippen molar-refractivity contribution in [2.45, 2.75) is 64.4 Å². The van der Waals surface area contributed by atoms with Gasteiger partial charge in [-0.15, -0.1) is 11.3 Å². The molecule has 2 N–H and O–H groups in total. The summed E-state index contributed by atoms with van der Waals surface area (Å²) >= 11 is 1.66. The molecule has 0 radical (unpaired) electrons. The largest absolute Gasteiger partial charge is 0.493 e. The number of methoxy groups -OCH3 is 1. The molecule has 0 saturated heterocycles. The van der Waals surface area contributed by atoms with E-state index in [-0.39, 0.29) is 11.6 Å². The molecular weight excluding hydrogens is 462 g/mol. The molecule has 1 fully saturated rings. The molecule has 1 saturated carbocycles. The standard InChI is InChI=1S/C26H31N5O3S/c1-26(2,33-15-19-9-6-12-35-19)25-29-22-23(27)28-16-31(24(22)30-25)14-17-10-11-20(32-3)21(13-17)34-18-7-4-5-8-18/h6,9-13,16,18,27H,4-5,7-8,14-15H2,1-3H3,(H,29,30). The van der Waals surface area contributed by atoms with Gasteiger partial charge in [-0.05, 0) is 68.7 Å². The van der Waals surface area contributed by atoms with Crippen molar-refractivity contribution in [3.05, 3.63) is 63.8 Å². The van der Waals surface area contributed by atoms with E-state index in [4.69, 9.17) is 24.6 Å². The van der Waals surface area contributed by atoms with Crippen molar-refractivity contribution in [2.75, 3.05) is 7.11 Å². The van der Waals surface area contributed by atoms with Gasteiger partial charge in [0.2, 0.25) is 0 Å². The Bertz CT molecular complexity index is 1350. The Morgan fingerprint density at radius 3 is 2.77 bits per heavy atom. The topological polar surface area (TPSA) is 98.0 Å². The van der Waals surface area contributed by atoms with Gasteiger partial charge in [-0.25, -0.2) is 9.97 Å². The molecule has 0 unspecified atom stereocenters. The molecule has 4 aromatic rings. The van der Waals surface area contributed by atoms with Crippen molar-refractivity contribution in [3.63, 3.8) is 0 Å². The van der Waals surface area contributed by atoms with E-state index >= 15 is 0 Å². The lowest BCUT2D eigenvalue weighted by Crippen LogP contribution is -2.23. The van der Waals surface area contributed by atoms with E-state index < -0.39 is 5.60 Å². The molecule has 0 spiro atoms. The summed E-state index contributed by atoms with van der Waals surface area (Å²) in [7, 11) is 1.67. The van der Waals surface area contributed by atoms with E-state index in [0.717, 1.165) is 34.8 Å². The van der Waals surface area contributed by atoms with Gasteiger partial charge < -0.3 is 23.8 Å². The third-order valence-corrected chi connectivity index (χ3v) is 7.27. The zero-order chi connectivity index (χ0) is 24.4. The van der Waals surface area contributed by atoms with Crippen molar-refractivity contribution in [1.29, 1.82) is 5.41 Å². The third kappa shape index (κ3) is 5.11. The zero-order valence-corrected chi connectivity index (χ0v) is 21.2. The summed E-state index contributed by atoms with van der Waals surface area (Å²) in [5.41, 5.74) is 1.80. The smallest absolute Gasteiger partial charge is 0.173 e. The van der Waals surface area contributed by atoms with E-state index in [1.165, 1.54) is 12.8 Å². The van der Waals surface area contributed by atoms with Crippen LogP contribution in [0.15, 0.2) is 42.0 Å². The van der Waals surface area contributed by atoms with Gasteiger partial charge in [-0.2, -0.15) is 0 Å². The summed E-state index contributed by atoms with van der Waals surface area (Å²) in [6.45, 7) is 5.00. The van der Waals surface area contributed by atoms with Crippen LogP contribution in [0.25, 0.3) is 11.2 Å². The number of ether oxygens (including phenoxy) is 3. The Hall–Kier alpha value is -3.17. The highest BCUT2D eigenvalue weighted by atomic mass is 32.1. The van der Waals surface area contributed by atoms with Crippen LogP contribution in [0.2, 0.25) is 0 Å². The Labute approximate surface area is 208 Å². The van der Waals surface area contributed by atoms with Crippen LogP contribution in [-0.4, -0.2) is 32.7 Å². The fourth-order valence-corrected chi connectivity index (χ4v) is 5.01. The van der Waals surface area contributed by atoms with Gasteiger partial charge in [-0.1, -0.05) is 12.1 Å². The van der Waals surface area contributed by atoms with Crippen molar-refractivity contribution >= 4 is 22.5 Å². The molecule has 1 aliphatic rings. The van der Waals surface area contributed by atoms with Gasteiger partial charge in [-0.3, -0.25) is 5.41 Å². The molecule has 35 heavy (non-hydrogen) atoms. The number of imidazole rings is 1. The highest BCUT2D eigenvalue weighted by molar-refractivity contribution is 7.09. The monoisotopic (exact) mass is 493 g/mol. The number of nitrogens with one attached hydrogen (secondary N) is 2. The number of rotatable bonds is 9. The summed E-state index contributed by atoms with van der Waals surface area (Å²) < 4.78 is 19.9.